The summed E-state index contributed by atoms with van der Waals surface area (Å²) in [5.41, 5.74) is 2.68. The van der Waals surface area contributed by atoms with Crippen molar-refractivity contribution in [2.24, 2.45) is 0 Å². The monoisotopic (exact) mass is 244 g/mol. The highest BCUT2D eigenvalue weighted by Crippen LogP contribution is 2.48. The van der Waals surface area contributed by atoms with Gasteiger partial charge < -0.3 is 4.74 Å². The van der Waals surface area contributed by atoms with Crippen LogP contribution in [0, 0.1) is 0 Å². The number of epoxide rings is 1. The molecule has 1 aliphatic carbocycles. The van der Waals surface area contributed by atoms with Crippen LogP contribution in [0.1, 0.15) is 17.2 Å². The first-order valence-electron chi connectivity index (χ1n) is 6.69. The van der Waals surface area contributed by atoms with Gasteiger partial charge in [0.2, 0.25) is 0 Å². The molecular formula is C18H12O. The summed E-state index contributed by atoms with van der Waals surface area (Å²) in [6.07, 6.45) is 4.95. The molecule has 90 valence electrons. The molecule has 1 heteroatoms. The van der Waals surface area contributed by atoms with Crippen LogP contribution in [-0.2, 0) is 4.74 Å². The summed E-state index contributed by atoms with van der Waals surface area (Å²) >= 11 is 0. The van der Waals surface area contributed by atoms with E-state index in [0.29, 0.717) is 6.10 Å². The molecule has 0 spiro atoms. The molecule has 19 heavy (non-hydrogen) atoms. The minimum atomic E-state index is 0.282. The van der Waals surface area contributed by atoms with Crippen molar-refractivity contribution in [3.8, 4) is 0 Å². The van der Waals surface area contributed by atoms with Crippen molar-refractivity contribution in [3.63, 3.8) is 0 Å². The second-order valence-electron chi connectivity index (χ2n) is 5.37. The van der Waals surface area contributed by atoms with Gasteiger partial charge in [0.25, 0.3) is 0 Å². The molecule has 2 atom stereocenters. The van der Waals surface area contributed by atoms with E-state index in [2.05, 4.69) is 60.7 Å². The van der Waals surface area contributed by atoms with Gasteiger partial charge in [0, 0.05) is 0 Å². The fourth-order valence-corrected chi connectivity index (χ4v) is 3.22. The highest BCUT2D eigenvalue weighted by molar-refractivity contribution is 6.01. The number of hydrogen-bond donors (Lipinski definition) is 0. The van der Waals surface area contributed by atoms with Crippen LogP contribution in [-0.4, -0.2) is 6.10 Å². The quantitative estimate of drug-likeness (QED) is 0.420. The van der Waals surface area contributed by atoms with E-state index >= 15 is 0 Å². The first-order valence-corrected chi connectivity index (χ1v) is 6.69. The van der Waals surface area contributed by atoms with E-state index in [9.17, 15) is 0 Å². The van der Waals surface area contributed by atoms with E-state index in [1.165, 1.54) is 32.7 Å². The summed E-state index contributed by atoms with van der Waals surface area (Å²) in [5.74, 6) is 0. The van der Waals surface area contributed by atoms with E-state index in [1.54, 1.807) is 0 Å². The standard InChI is InChI=1S/C18H12O/c1-2-4-13-10-15-14(9-12(13)3-1)6-5-11-7-8-16-18(19-16)17(11)15/h1-10,16,18H/t16-,18-/m1/s1. The van der Waals surface area contributed by atoms with E-state index in [-0.39, 0.29) is 6.10 Å². The molecule has 0 radical (unpaired) electrons. The van der Waals surface area contributed by atoms with Gasteiger partial charge in [0.15, 0.2) is 0 Å². The summed E-state index contributed by atoms with van der Waals surface area (Å²) in [6.45, 7) is 0. The average molecular weight is 244 g/mol. The lowest BCUT2D eigenvalue weighted by Crippen LogP contribution is -1.96. The Balaban J connectivity index is 1.95. The van der Waals surface area contributed by atoms with Gasteiger partial charge in [-0.3, -0.25) is 0 Å². The molecule has 1 fully saturated rings. The van der Waals surface area contributed by atoms with Gasteiger partial charge in [-0.2, -0.15) is 0 Å². The molecular weight excluding hydrogens is 232 g/mol. The Hall–Kier alpha value is -2.12. The normalized spacial score (nSPS) is 23.4. The van der Waals surface area contributed by atoms with E-state index in [1.807, 2.05) is 0 Å². The Kier molecular flexibility index (Phi) is 1.67. The van der Waals surface area contributed by atoms with Crippen molar-refractivity contribution in [2.75, 3.05) is 0 Å². The third-order valence-corrected chi connectivity index (χ3v) is 4.24. The Morgan fingerprint density at radius 1 is 0.842 bits per heavy atom. The molecule has 3 aromatic carbocycles. The predicted octanol–water partition coefficient (Wildman–Crippen LogP) is 4.46. The van der Waals surface area contributed by atoms with E-state index < -0.39 is 0 Å². The van der Waals surface area contributed by atoms with Gasteiger partial charge in [-0.1, -0.05) is 48.6 Å². The third-order valence-electron chi connectivity index (χ3n) is 4.24. The number of ether oxygens (including phenoxy) is 1. The molecule has 0 N–H and O–H groups in total. The van der Waals surface area contributed by atoms with Crippen LogP contribution in [0.15, 0.2) is 54.6 Å². The zero-order valence-corrected chi connectivity index (χ0v) is 10.3. The van der Waals surface area contributed by atoms with Crippen LogP contribution >= 0.6 is 0 Å². The smallest absolute Gasteiger partial charge is 0.114 e. The molecule has 1 saturated heterocycles. The summed E-state index contributed by atoms with van der Waals surface area (Å²) in [6, 6.07) is 17.6. The molecule has 5 rings (SSSR count). The Bertz CT molecular complexity index is 860. The molecule has 0 aromatic heterocycles. The second kappa shape index (κ2) is 3.25. The van der Waals surface area contributed by atoms with Crippen LogP contribution in [0.5, 0.6) is 0 Å². The lowest BCUT2D eigenvalue weighted by atomic mass is 9.90. The Morgan fingerprint density at radius 2 is 1.68 bits per heavy atom. The van der Waals surface area contributed by atoms with Crippen LogP contribution in [0.2, 0.25) is 0 Å². The predicted molar refractivity (Wildman–Crippen MR) is 78.1 cm³/mol. The van der Waals surface area contributed by atoms with Crippen LogP contribution in [0.3, 0.4) is 0 Å². The zero-order valence-electron chi connectivity index (χ0n) is 10.3. The van der Waals surface area contributed by atoms with Crippen molar-refractivity contribution >= 4 is 27.6 Å². The fourth-order valence-electron chi connectivity index (χ4n) is 3.22. The minimum absolute atomic E-state index is 0.282. The Labute approximate surface area is 111 Å². The van der Waals surface area contributed by atoms with Crippen LogP contribution in [0.4, 0.5) is 0 Å². The van der Waals surface area contributed by atoms with Crippen molar-refractivity contribution < 1.29 is 4.74 Å². The van der Waals surface area contributed by atoms with Crippen molar-refractivity contribution in [1.82, 2.24) is 0 Å². The molecule has 0 saturated carbocycles. The topological polar surface area (TPSA) is 12.5 Å². The highest BCUT2D eigenvalue weighted by atomic mass is 16.6. The number of hydrogen-bond acceptors (Lipinski definition) is 1. The van der Waals surface area contributed by atoms with Gasteiger partial charge >= 0.3 is 0 Å². The van der Waals surface area contributed by atoms with Crippen molar-refractivity contribution in [2.45, 2.75) is 12.2 Å². The van der Waals surface area contributed by atoms with Gasteiger partial charge in [-0.05, 0) is 44.8 Å². The lowest BCUT2D eigenvalue weighted by molar-refractivity contribution is 0.396. The number of rotatable bonds is 0. The molecule has 1 aliphatic heterocycles. The largest absolute Gasteiger partial charge is 0.360 e. The third kappa shape index (κ3) is 1.28. The van der Waals surface area contributed by atoms with Gasteiger partial charge in [-0.15, -0.1) is 0 Å². The first kappa shape index (κ1) is 9.76. The van der Waals surface area contributed by atoms with E-state index in [0.717, 1.165) is 0 Å². The fraction of sp³-hybridized carbons (Fsp3) is 0.111. The summed E-state index contributed by atoms with van der Waals surface area (Å²) < 4.78 is 5.74. The number of fused-ring (bicyclic) bond motifs is 6. The SMILES string of the molecule is C1=C[C@H]2O[C@H]2c2c1ccc1cc3ccccc3cc21. The van der Waals surface area contributed by atoms with Crippen molar-refractivity contribution in [1.29, 1.82) is 0 Å². The lowest BCUT2D eigenvalue weighted by Gasteiger charge is -2.12. The summed E-state index contributed by atoms with van der Waals surface area (Å²) in [7, 11) is 0. The second-order valence-corrected chi connectivity index (χ2v) is 5.37. The van der Waals surface area contributed by atoms with E-state index in [4.69, 9.17) is 4.74 Å². The maximum atomic E-state index is 5.74. The number of benzene rings is 3. The summed E-state index contributed by atoms with van der Waals surface area (Å²) in [5, 5.41) is 5.25. The molecule has 0 bridgehead atoms. The van der Waals surface area contributed by atoms with Crippen LogP contribution in [0.25, 0.3) is 27.6 Å². The molecule has 2 aliphatic rings. The molecule has 1 nitrogen and oxygen atoms in total. The first-order chi connectivity index (χ1) is 9.40. The van der Waals surface area contributed by atoms with Gasteiger partial charge in [0.1, 0.15) is 12.2 Å². The van der Waals surface area contributed by atoms with Crippen LogP contribution < -0.4 is 0 Å². The molecule has 1 heterocycles. The average Bonchev–Trinajstić information content (AvgIpc) is 3.24. The maximum absolute atomic E-state index is 5.74. The highest BCUT2D eigenvalue weighted by Gasteiger charge is 2.42. The summed E-state index contributed by atoms with van der Waals surface area (Å²) in [4.78, 5) is 0. The molecule has 3 aromatic rings. The minimum Gasteiger partial charge on any atom is -0.360 e. The zero-order chi connectivity index (χ0) is 12.4. The molecule has 0 unspecified atom stereocenters. The Morgan fingerprint density at radius 3 is 2.58 bits per heavy atom. The van der Waals surface area contributed by atoms with Crippen molar-refractivity contribution in [3.05, 3.63) is 65.7 Å². The van der Waals surface area contributed by atoms with Gasteiger partial charge in [0.05, 0.1) is 0 Å². The van der Waals surface area contributed by atoms with Gasteiger partial charge in [-0.25, -0.2) is 0 Å². The maximum Gasteiger partial charge on any atom is 0.114 e. The molecule has 0 amide bonds.